The van der Waals surface area contributed by atoms with Crippen LogP contribution in [0, 0.1) is 16.0 Å². The highest BCUT2D eigenvalue weighted by molar-refractivity contribution is 5.54. The van der Waals surface area contributed by atoms with E-state index >= 15 is 0 Å². The Morgan fingerprint density at radius 3 is 2.68 bits per heavy atom. The van der Waals surface area contributed by atoms with E-state index in [0.29, 0.717) is 5.82 Å². The zero-order chi connectivity index (χ0) is 14.3. The van der Waals surface area contributed by atoms with Crippen molar-refractivity contribution in [1.82, 2.24) is 9.78 Å². The number of hydrogen-bond acceptors (Lipinski definition) is 4. The average Bonchev–Trinajstić information content (AvgIpc) is 2.69. The van der Waals surface area contributed by atoms with Crippen molar-refractivity contribution in [2.45, 2.75) is 46.0 Å². The van der Waals surface area contributed by atoms with E-state index in [0.717, 1.165) is 25.3 Å². The number of nitro groups is 1. The summed E-state index contributed by atoms with van der Waals surface area (Å²) in [6, 6.07) is 0. The summed E-state index contributed by atoms with van der Waals surface area (Å²) in [4.78, 5) is 10.4. The van der Waals surface area contributed by atoms with Gasteiger partial charge in [0, 0.05) is 13.6 Å². The molecule has 0 aliphatic carbocycles. The predicted molar refractivity (Wildman–Crippen MR) is 76.3 cm³/mol. The molecule has 1 aromatic heterocycles. The van der Waals surface area contributed by atoms with Crippen LogP contribution in [-0.4, -0.2) is 21.2 Å². The van der Waals surface area contributed by atoms with Crippen molar-refractivity contribution in [2.75, 3.05) is 11.9 Å². The van der Waals surface area contributed by atoms with Crippen LogP contribution in [0.15, 0.2) is 6.20 Å². The molecule has 0 saturated carbocycles. The lowest BCUT2D eigenvalue weighted by molar-refractivity contribution is -0.384. The van der Waals surface area contributed by atoms with Gasteiger partial charge in [-0.3, -0.25) is 14.8 Å². The molecule has 108 valence electrons. The molecule has 6 nitrogen and oxygen atoms in total. The fourth-order valence-corrected chi connectivity index (χ4v) is 1.97. The Balaban J connectivity index is 2.21. The standard InChI is InChI=1S/C13H24N4O2/c1-11(2)8-6-4-5-7-9-14-13-12(17(18)19)10-16(3)15-13/h10-11H,4-9H2,1-3H3,(H,14,15). The molecule has 0 aliphatic heterocycles. The second kappa shape index (κ2) is 7.76. The average molecular weight is 268 g/mol. The fourth-order valence-electron chi connectivity index (χ4n) is 1.97. The molecular weight excluding hydrogens is 244 g/mol. The lowest BCUT2D eigenvalue weighted by Crippen LogP contribution is -2.04. The highest BCUT2D eigenvalue weighted by Crippen LogP contribution is 2.21. The van der Waals surface area contributed by atoms with Crippen molar-refractivity contribution in [3.05, 3.63) is 16.3 Å². The third-order valence-corrected chi connectivity index (χ3v) is 3.01. The maximum absolute atomic E-state index is 10.8. The van der Waals surface area contributed by atoms with Gasteiger partial charge in [-0.25, -0.2) is 0 Å². The molecule has 1 rings (SSSR count). The molecule has 1 aromatic rings. The smallest absolute Gasteiger partial charge is 0.330 e. The monoisotopic (exact) mass is 268 g/mol. The Morgan fingerprint density at radius 2 is 2.05 bits per heavy atom. The Kier molecular flexibility index (Phi) is 6.32. The van der Waals surface area contributed by atoms with Crippen molar-refractivity contribution in [3.63, 3.8) is 0 Å². The van der Waals surface area contributed by atoms with Gasteiger partial charge < -0.3 is 5.32 Å². The molecule has 0 aromatic carbocycles. The largest absolute Gasteiger partial charge is 0.363 e. The summed E-state index contributed by atoms with van der Waals surface area (Å²) in [5.74, 6) is 1.14. The van der Waals surface area contributed by atoms with E-state index in [-0.39, 0.29) is 5.69 Å². The van der Waals surface area contributed by atoms with Gasteiger partial charge >= 0.3 is 5.69 Å². The summed E-state index contributed by atoms with van der Waals surface area (Å²) in [5.41, 5.74) is 0.0438. The van der Waals surface area contributed by atoms with Crippen LogP contribution < -0.4 is 5.32 Å². The van der Waals surface area contributed by atoms with Crippen molar-refractivity contribution in [3.8, 4) is 0 Å². The van der Waals surface area contributed by atoms with Crippen molar-refractivity contribution in [1.29, 1.82) is 0 Å². The van der Waals surface area contributed by atoms with Crippen LogP contribution in [0.25, 0.3) is 0 Å². The molecule has 1 N–H and O–H groups in total. The minimum absolute atomic E-state index is 0.0438. The zero-order valence-electron chi connectivity index (χ0n) is 12.1. The number of anilines is 1. The first-order valence-corrected chi connectivity index (χ1v) is 6.92. The van der Waals surface area contributed by atoms with Crippen LogP contribution >= 0.6 is 0 Å². The Labute approximate surface area is 114 Å². The second-order valence-corrected chi connectivity index (χ2v) is 5.32. The SMILES string of the molecule is CC(C)CCCCCCNc1nn(C)cc1[N+](=O)[O-]. The van der Waals surface area contributed by atoms with Gasteiger partial charge in [0.2, 0.25) is 5.82 Å². The topological polar surface area (TPSA) is 73.0 Å². The lowest BCUT2D eigenvalue weighted by atomic mass is 10.0. The van der Waals surface area contributed by atoms with Crippen LogP contribution in [0.2, 0.25) is 0 Å². The Morgan fingerprint density at radius 1 is 1.37 bits per heavy atom. The third kappa shape index (κ3) is 5.72. The van der Waals surface area contributed by atoms with Gasteiger partial charge in [-0.2, -0.15) is 0 Å². The van der Waals surface area contributed by atoms with E-state index in [1.807, 2.05) is 0 Å². The summed E-state index contributed by atoms with van der Waals surface area (Å²) in [7, 11) is 1.68. The molecule has 0 unspecified atom stereocenters. The number of rotatable bonds is 9. The number of aromatic nitrogens is 2. The number of nitrogens with one attached hydrogen (secondary N) is 1. The zero-order valence-corrected chi connectivity index (χ0v) is 12.1. The lowest BCUT2D eigenvalue weighted by Gasteiger charge is -2.05. The summed E-state index contributed by atoms with van der Waals surface area (Å²) >= 11 is 0. The molecule has 0 spiro atoms. The summed E-state index contributed by atoms with van der Waals surface area (Å²) in [5, 5.41) is 17.9. The molecule has 0 atom stereocenters. The molecule has 0 fully saturated rings. The summed E-state index contributed by atoms with van der Waals surface area (Å²) < 4.78 is 1.46. The molecule has 0 bridgehead atoms. The number of hydrogen-bond donors (Lipinski definition) is 1. The maximum Gasteiger partial charge on any atom is 0.330 e. The van der Waals surface area contributed by atoms with E-state index in [9.17, 15) is 10.1 Å². The first-order valence-electron chi connectivity index (χ1n) is 6.92. The van der Waals surface area contributed by atoms with Gasteiger partial charge in [-0.05, 0) is 12.3 Å². The van der Waals surface area contributed by atoms with Gasteiger partial charge in [0.15, 0.2) is 0 Å². The molecule has 0 aliphatic rings. The fraction of sp³-hybridized carbons (Fsp3) is 0.769. The van der Waals surface area contributed by atoms with Gasteiger partial charge in [-0.15, -0.1) is 5.10 Å². The molecule has 0 saturated heterocycles. The van der Waals surface area contributed by atoms with Crippen LogP contribution in [-0.2, 0) is 7.05 Å². The third-order valence-electron chi connectivity index (χ3n) is 3.01. The highest BCUT2D eigenvalue weighted by Gasteiger charge is 2.17. The van der Waals surface area contributed by atoms with Crippen LogP contribution in [0.1, 0.15) is 46.0 Å². The normalized spacial score (nSPS) is 10.9. The number of unbranched alkanes of at least 4 members (excludes halogenated alkanes) is 3. The molecule has 0 radical (unpaired) electrons. The molecule has 1 heterocycles. The minimum Gasteiger partial charge on any atom is -0.363 e. The molecule has 19 heavy (non-hydrogen) atoms. The first kappa shape index (κ1) is 15.5. The maximum atomic E-state index is 10.8. The van der Waals surface area contributed by atoms with Crippen molar-refractivity contribution < 1.29 is 4.92 Å². The van der Waals surface area contributed by atoms with Gasteiger partial charge in [0.1, 0.15) is 6.20 Å². The van der Waals surface area contributed by atoms with E-state index < -0.39 is 4.92 Å². The number of nitrogens with zero attached hydrogens (tertiary/aromatic N) is 3. The minimum atomic E-state index is -0.405. The quantitative estimate of drug-likeness (QED) is 0.423. The van der Waals surface area contributed by atoms with Gasteiger partial charge in [0.25, 0.3) is 0 Å². The van der Waals surface area contributed by atoms with E-state index in [1.54, 1.807) is 7.05 Å². The molecule has 6 heteroatoms. The van der Waals surface area contributed by atoms with E-state index in [4.69, 9.17) is 0 Å². The van der Waals surface area contributed by atoms with Crippen LogP contribution in [0.3, 0.4) is 0 Å². The first-order chi connectivity index (χ1) is 9.00. The number of aryl methyl sites for hydroxylation is 1. The van der Waals surface area contributed by atoms with E-state index in [2.05, 4.69) is 24.3 Å². The molecular formula is C13H24N4O2. The predicted octanol–water partition coefficient (Wildman–Crippen LogP) is 3.35. The summed E-state index contributed by atoms with van der Waals surface area (Å²) in [6.07, 6.45) is 7.36. The molecule has 0 amide bonds. The van der Waals surface area contributed by atoms with Crippen molar-refractivity contribution in [2.24, 2.45) is 13.0 Å². The van der Waals surface area contributed by atoms with Crippen molar-refractivity contribution >= 4 is 11.5 Å². The second-order valence-electron chi connectivity index (χ2n) is 5.32. The highest BCUT2D eigenvalue weighted by atomic mass is 16.6. The van der Waals surface area contributed by atoms with Gasteiger partial charge in [-0.1, -0.05) is 39.5 Å². The van der Waals surface area contributed by atoms with Crippen LogP contribution in [0.4, 0.5) is 11.5 Å². The summed E-state index contributed by atoms with van der Waals surface area (Å²) in [6.45, 7) is 5.21. The Hall–Kier alpha value is -1.59. The Bertz CT molecular complexity index is 401. The van der Waals surface area contributed by atoms with E-state index in [1.165, 1.54) is 30.1 Å². The van der Waals surface area contributed by atoms with Gasteiger partial charge in [0.05, 0.1) is 4.92 Å². The van der Waals surface area contributed by atoms with Crippen LogP contribution in [0.5, 0.6) is 0 Å².